The van der Waals surface area contributed by atoms with Crippen LogP contribution in [0.3, 0.4) is 0 Å². The minimum Gasteiger partial charge on any atom is -0.395 e. The molecule has 0 unspecified atom stereocenters. The summed E-state index contributed by atoms with van der Waals surface area (Å²) < 4.78 is 25.1. The molecule has 1 aromatic carbocycles. The molecule has 94 valence electrons. The van der Waals surface area contributed by atoms with Gasteiger partial charge in [0.1, 0.15) is 0 Å². The van der Waals surface area contributed by atoms with Crippen LogP contribution in [0.15, 0.2) is 18.2 Å². The minimum atomic E-state index is -3.38. The van der Waals surface area contributed by atoms with Gasteiger partial charge in [0.15, 0.2) is 0 Å². The topological polar surface area (TPSA) is 101 Å². The molecule has 0 radical (unpaired) electrons. The highest BCUT2D eigenvalue weighted by molar-refractivity contribution is 7.92. The number of hydrogen-bond donors (Lipinski definition) is 3. The molecule has 6 nitrogen and oxygen atoms in total. The van der Waals surface area contributed by atoms with E-state index in [-0.39, 0.29) is 23.0 Å². The molecular formula is C10H15N3O3S. The fourth-order valence-corrected chi connectivity index (χ4v) is 1.85. The summed E-state index contributed by atoms with van der Waals surface area (Å²) >= 11 is 0. The van der Waals surface area contributed by atoms with Gasteiger partial charge in [-0.15, -0.1) is 0 Å². The van der Waals surface area contributed by atoms with E-state index in [0.717, 1.165) is 0 Å². The zero-order chi connectivity index (χ0) is 13.1. The van der Waals surface area contributed by atoms with Crippen LogP contribution in [0.1, 0.15) is 13.8 Å². The molecule has 0 saturated heterocycles. The summed E-state index contributed by atoms with van der Waals surface area (Å²) in [7, 11) is -3.38. The Hall–Kier alpha value is -1.76. The van der Waals surface area contributed by atoms with Crippen molar-refractivity contribution in [2.45, 2.75) is 13.8 Å². The van der Waals surface area contributed by atoms with Crippen LogP contribution in [-0.4, -0.2) is 20.1 Å². The van der Waals surface area contributed by atoms with Crippen LogP contribution in [0.5, 0.6) is 0 Å². The number of carbonyl (C=O) groups excluding carboxylic acids is 1. The van der Waals surface area contributed by atoms with Crippen molar-refractivity contribution in [3.63, 3.8) is 0 Å². The zero-order valence-electron chi connectivity index (χ0n) is 9.65. The molecule has 17 heavy (non-hydrogen) atoms. The maximum atomic E-state index is 11.4. The Morgan fingerprint density at radius 3 is 2.47 bits per heavy atom. The van der Waals surface area contributed by atoms with Crippen molar-refractivity contribution >= 4 is 33.0 Å². The normalized spacial score (nSPS) is 10.9. The van der Waals surface area contributed by atoms with Gasteiger partial charge in [-0.25, -0.2) is 8.42 Å². The van der Waals surface area contributed by atoms with Crippen LogP contribution in [0, 0.1) is 0 Å². The zero-order valence-corrected chi connectivity index (χ0v) is 10.5. The van der Waals surface area contributed by atoms with E-state index in [1.54, 1.807) is 12.1 Å². The lowest BCUT2D eigenvalue weighted by Gasteiger charge is -2.12. The summed E-state index contributed by atoms with van der Waals surface area (Å²) in [5, 5.41) is 2.52. The van der Waals surface area contributed by atoms with Gasteiger partial charge in [0.05, 0.1) is 22.8 Å². The summed E-state index contributed by atoms with van der Waals surface area (Å²) in [5.74, 6) is -0.316. The maximum absolute atomic E-state index is 11.4. The maximum Gasteiger partial charge on any atom is 0.232 e. The lowest BCUT2D eigenvalue weighted by atomic mass is 10.2. The van der Waals surface area contributed by atoms with Crippen molar-refractivity contribution in [1.82, 2.24) is 0 Å². The number of carbonyl (C=O) groups is 1. The standard InChI is InChI=1S/C10H15N3O3S/c1-3-17(15,16)13-9-6-4-5-8(10(9)11)12-7(2)14/h4-6,13H,3,11H2,1-2H3,(H,12,14). The second-order valence-corrected chi connectivity index (χ2v) is 5.46. The Kier molecular flexibility index (Phi) is 3.95. The first-order chi connectivity index (χ1) is 7.85. The molecule has 1 amide bonds. The van der Waals surface area contributed by atoms with E-state index in [4.69, 9.17) is 5.73 Å². The molecular weight excluding hydrogens is 242 g/mol. The van der Waals surface area contributed by atoms with Crippen molar-refractivity contribution in [2.24, 2.45) is 0 Å². The third kappa shape index (κ3) is 3.63. The highest BCUT2D eigenvalue weighted by atomic mass is 32.2. The van der Waals surface area contributed by atoms with Gasteiger partial charge in [0.25, 0.3) is 0 Å². The fourth-order valence-electron chi connectivity index (χ4n) is 1.19. The number of nitrogens with two attached hydrogens (primary N) is 1. The molecule has 1 rings (SSSR count). The molecule has 0 heterocycles. The largest absolute Gasteiger partial charge is 0.395 e. The summed E-state index contributed by atoms with van der Waals surface area (Å²) in [6.45, 7) is 2.87. The molecule has 0 aliphatic heterocycles. The first-order valence-electron chi connectivity index (χ1n) is 5.02. The summed E-state index contributed by atoms with van der Waals surface area (Å²) in [5.41, 5.74) is 6.59. The molecule has 0 aliphatic rings. The van der Waals surface area contributed by atoms with Crippen LogP contribution < -0.4 is 15.8 Å². The van der Waals surface area contributed by atoms with Crippen molar-refractivity contribution in [2.75, 3.05) is 21.5 Å². The number of para-hydroxylation sites is 1. The third-order valence-electron chi connectivity index (χ3n) is 2.06. The van der Waals surface area contributed by atoms with Gasteiger partial charge in [-0.1, -0.05) is 6.07 Å². The highest BCUT2D eigenvalue weighted by Crippen LogP contribution is 2.27. The van der Waals surface area contributed by atoms with E-state index < -0.39 is 10.0 Å². The van der Waals surface area contributed by atoms with Crippen molar-refractivity contribution in [1.29, 1.82) is 0 Å². The van der Waals surface area contributed by atoms with Gasteiger partial charge in [-0.05, 0) is 19.1 Å². The molecule has 0 bridgehead atoms. The van der Waals surface area contributed by atoms with E-state index in [1.165, 1.54) is 19.9 Å². The van der Waals surface area contributed by atoms with Gasteiger partial charge in [0.2, 0.25) is 15.9 Å². The molecule has 0 spiro atoms. The van der Waals surface area contributed by atoms with E-state index in [0.29, 0.717) is 5.69 Å². The van der Waals surface area contributed by atoms with E-state index >= 15 is 0 Å². The summed E-state index contributed by atoms with van der Waals surface area (Å²) in [4.78, 5) is 10.9. The van der Waals surface area contributed by atoms with Gasteiger partial charge in [-0.2, -0.15) is 0 Å². The smallest absolute Gasteiger partial charge is 0.232 e. The van der Waals surface area contributed by atoms with Crippen molar-refractivity contribution < 1.29 is 13.2 Å². The second kappa shape index (κ2) is 5.05. The fraction of sp³-hybridized carbons (Fsp3) is 0.300. The number of nitrogens with one attached hydrogen (secondary N) is 2. The minimum absolute atomic E-state index is 0.0448. The van der Waals surface area contributed by atoms with Gasteiger partial charge in [-0.3, -0.25) is 9.52 Å². The van der Waals surface area contributed by atoms with Crippen LogP contribution in [0.2, 0.25) is 0 Å². The highest BCUT2D eigenvalue weighted by Gasteiger charge is 2.11. The molecule has 0 aromatic heterocycles. The van der Waals surface area contributed by atoms with Crippen molar-refractivity contribution in [3.05, 3.63) is 18.2 Å². The van der Waals surface area contributed by atoms with Crippen molar-refractivity contribution in [3.8, 4) is 0 Å². The monoisotopic (exact) mass is 257 g/mol. The number of amides is 1. The molecule has 0 saturated carbocycles. The number of sulfonamides is 1. The molecule has 0 atom stereocenters. The molecule has 0 aliphatic carbocycles. The average Bonchev–Trinajstić information content (AvgIpc) is 2.23. The van der Waals surface area contributed by atoms with E-state index in [9.17, 15) is 13.2 Å². The Labute approximate surface area is 100 Å². The van der Waals surface area contributed by atoms with Crippen LogP contribution in [0.25, 0.3) is 0 Å². The van der Waals surface area contributed by atoms with Crippen LogP contribution in [0.4, 0.5) is 17.1 Å². The van der Waals surface area contributed by atoms with Gasteiger partial charge < -0.3 is 11.1 Å². The van der Waals surface area contributed by atoms with Crippen LogP contribution >= 0.6 is 0 Å². The first kappa shape index (κ1) is 13.3. The number of benzene rings is 1. The number of hydrogen-bond acceptors (Lipinski definition) is 4. The second-order valence-electron chi connectivity index (χ2n) is 3.45. The van der Waals surface area contributed by atoms with E-state index in [2.05, 4.69) is 10.0 Å². The average molecular weight is 257 g/mol. The third-order valence-corrected chi connectivity index (χ3v) is 3.35. The van der Waals surface area contributed by atoms with Gasteiger partial charge >= 0.3 is 0 Å². The lowest BCUT2D eigenvalue weighted by Crippen LogP contribution is -2.16. The Morgan fingerprint density at radius 2 is 1.94 bits per heavy atom. The van der Waals surface area contributed by atoms with E-state index in [1.807, 2.05) is 0 Å². The Balaban J connectivity index is 3.06. The Morgan fingerprint density at radius 1 is 1.35 bits per heavy atom. The summed E-state index contributed by atoms with van der Waals surface area (Å²) in [6.07, 6.45) is 0. The SMILES string of the molecule is CCS(=O)(=O)Nc1cccc(NC(C)=O)c1N. The molecule has 1 aromatic rings. The predicted molar refractivity (Wildman–Crippen MR) is 68.2 cm³/mol. The molecule has 7 heteroatoms. The Bertz CT molecular complexity index is 526. The quantitative estimate of drug-likeness (QED) is 0.700. The summed E-state index contributed by atoms with van der Waals surface area (Å²) in [6, 6.07) is 4.74. The number of nitrogen functional groups attached to an aromatic ring is 1. The number of anilines is 3. The molecule has 0 fully saturated rings. The van der Waals surface area contributed by atoms with Crippen LogP contribution in [-0.2, 0) is 14.8 Å². The van der Waals surface area contributed by atoms with Gasteiger partial charge in [0, 0.05) is 6.92 Å². The predicted octanol–water partition coefficient (Wildman–Crippen LogP) is 0.989. The molecule has 4 N–H and O–H groups in total. The lowest BCUT2D eigenvalue weighted by molar-refractivity contribution is -0.114. The number of rotatable bonds is 4. The first-order valence-corrected chi connectivity index (χ1v) is 6.67.